The number of nitrogens with one attached hydrogen (secondary N) is 2. The summed E-state index contributed by atoms with van der Waals surface area (Å²) in [4.78, 5) is 3.98. The zero-order chi connectivity index (χ0) is 16.5. The highest BCUT2D eigenvalue weighted by Crippen LogP contribution is 2.14. The average molecular weight is 356 g/mol. The van der Waals surface area contributed by atoms with Crippen molar-refractivity contribution in [3.63, 3.8) is 0 Å². The molecule has 5 heteroatoms. The van der Waals surface area contributed by atoms with E-state index in [9.17, 15) is 0 Å². The molecule has 0 spiro atoms. The number of rotatable bonds is 8. The SMILES string of the molecule is Cl.c1ccc(COc2ccc(CCNNc3ccncc3)cc2)cc1. The predicted molar refractivity (Wildman–Crippen MR) is 104 cm³/mol. The number of nitrogens with zero attached hydrogens (tertiary/aromatic N) is 1. The van der Waals surface area contributed by atoms with Gasteiger partial charge in [0.2, 0.25) is 0 Å². The molecule has 3 aromatic rings. The van der Waals surface area contributed by atoms with Crippen LogP contribution in [0.2, 0.25) is 0 Å². The van der Waals surface area contributed by atoms with E-state index >= 15 is 0 Å². The van der Waals surface area contributed by atoms with Crippen molar-refractivity contribution in [2.45, 2.75) is 13.0 Å². The Morgan fingerprint density at radius 3 is 2.24 bits per heavy atom. The van der Waals surface area contributed by atoms with Gasteiger partial charge in [-0.3, -0.25) is 4.98 Å². The molecule has 0 unspecified atom stereocenters. The summed E-state index contributed by atoms with van der Waals surface area (Å²) in [6.45, 7) is 1.43. The van der Waals surface area contributed by atoms with E-state index in [1.807, 2.05) is 42.5 Å². The first-order valence-electron chi connectivity index (χ1n) is 8.05. The minimum Gasteiger partial charge on any atom is -0.489 e. The molecule has 0 atom stereocenters. The number of hydrogen-bond donors (Lipinski definition) is 2. The van der Waals surface area contributed by atoms with Crippen LogP contribution in [0.25, 0.3) is 0 Å². The van der Waals surface area contributed by atoms with Crippen LogP contribution in [0.4, 0.5) is 5.69 Å². The van der Waals surface area contributed by atoms with E-state index in [0.29, 0.717) is 6.61 Å². The van der Waals surface area contributed by atoms with Crippen LogP contribution in [0.3, 0.4) is 0 Å². The van der Waals surface area contributed by atoms with Gasteiger partial charge >= 0.3 is 0 Å². The van der Waals surface area contributed by atoms with Gasteiger partial charge in [0, 0.05) is 18.9 Å². The number of pyridine rings is 1. The van der Waals surface area contributed by atoms with Crippen LogP contribution in [-0.4, -0.2) is 11.5 Å². The Morgan fingerprint density at radius 1 is 0.800 bits per heavy atom. The topological polar surface area (TPSA) is 46.2 Å². The Morgan fingerprint density at radius 2 is 1.52 bits per heavy atom. The first kappa shape index (κ1) is 18.8. The number of benzene rings is 2. The molecule has 2 N–H and O–H groups in total. The third-order valence-electron chi connectivity index (χ3n) is 3.62. The zero-order valence-electron chi connectivity index (χ0n) is 13.9. The lowest BCUT2D eigenvalue weighted by Gasteiger charge is -2.09. The quantitative estimate of drug-likeness (QED) is 0.468. The van der Waals surface area contributed by atoms with E-state index in [1.54, 1.807) is 12.4 Å². The van der Waals surface area contributed by atoms with Crippen molar-refractivity contribution in [1.29, 1.82) is 0 Å². The van der Waals surface area contributed by atoms with Gasteiger partial charge in [0.1, 0.15) is 12.4 Å². The van der Waals surface area contributed by atoms with Gasteiger partial charge in [0.05, 0.1) is 5.69 Å². The molecule has 4 nitrogen and oxygen atoms in total. The molecule has 0 amide bonds. The number of hydrogen-bond acceptors (Lipinski definition) is 4. The normalized spacial score (nSPS) is 9.92. The van der Waals surface area contributed by atoms with Gasteiger partial charge in [-0.1, -0.05) is 42.5 Å². The summed E-state index contributed by atoms with van der Waals surface area (Å²) in [5, 5.41) is 0. The summed E-state index contributed by atoms with van der Waals surface area (Å²) in [6, 6.07) is 22.3. The molecule has 0 saturated carbocycles. The molecular formula is C20H22ClN3O. The van der Waals surface area contributed by atoms with Crippen LogP contribution in [0.15, 0.2) is 79.1 Å². The highest BCUT2D eigenvalue weighted by Gasteiger charge is 1.97. The van der Waals surface area contributed by atoms with E-state index < -0.39 is 0 Å². The molecule has 0 saturated heterocycles. The molecule has 0 aliphatic heterocycles. The van der Waals surface area contributed by atoms with Crippen molar-refractivity contribution in [2.24, 2.45) is 0 Å². The maximum Gasteiger partial charge on any atom is 0.119 e. The van der Waals surface area contributed by atoms with E-state index in [4.69, 9.17) is 4.74 Å². The second kappa shape index (κ2) is 10.3. The lowest BCUT2D eigenvalue weighted by Crippen LogP contribution is -2.24. The smallest absolute Gasteiger partial charge is 0.119 e. The fraction of sp³-hybridized carbons (Fsp3) is 0.150. The van der Waals surface area contributed by atoms with Gasteiger partial charge < -0.3 is 10.2 Å². The van der Waals surface area contributed by atoms with E-state index in [-0.39, 0.29) is 12.4 Å². The van der Waals surface area contributed by atoms with Gasteiger partial charge in [0.25, 0.3) is 0 Å². The Balaban J connectivity index is 0.00000225. The van der Waals surface area contributed by atoms with Crippen LogP contribution in [0.1, 0.15) is 11.1 Å². The molecule has 3 rings (SSSR count). The number of halogens is 1. The summed E-state index contributed by atoms with van der Waals surface area (Å²) >= 11 is 0. The van der Waals surface area contributed by atoms with Crippen molar-refractivity contribution in [1.82, 2.24) is 10.4 Å². The van der Waals surface area contributed by atoms with E-state index in [2.05, 4.69) is 40.1 Å². The van der Waals surface area contributed by atoms with Crippen LogP contribution in [0, 0.1) is 0 Å². The van der Waals surface area contributed by atoms with Crippen molar-refractivity contribution in [3.05, 3.63) is 90.3 Å². The van der Waals surface area contributed by atoms with Crippen LogP contribution >= 0.6 is 12.4 Å². The number of anilines is 1. The standard InChI is InChI=1S/C20H21N3O.ClH/c1-2-4-18(5-3-1)16-24-20-8-6-17(7-9-20)10-15-22-23-19-11-13-21-14-12-19;/h1-9,11-14,22H,10,15-16H2,(H,21,23);1H. The molecule has 0 radical (unpaired) electrons. The second-order valence-corrected chi connectivity index (χ2v) is 5.46. The van der Waals surface area contributed by atoms with Gasteiger partial charge in [-0.25, -0.2) is 5.43 Å². The highest BCUT2D eigenvalue weighted by atomic mass is 35.5. The summed E-state index contributed by atoms with van der Waals surface area (Å²) in [5.41, 5.74) is 9.80. The third-order valence-corrected chi connectivity index (χ3v) is 3.62. The molecule has 0 aliphatic carbocycles. The number of hydrazine groups is 1. The average Bonchev–Trinajstić information content (AvgIpc) is 2.66. The van der Waals surface area contributed by atoms with Crippen molar-refractivity contribution in [3.8, 4) is 5.75 Å². The van der Waals surface area contributed by atoms with Crippen LogP contribution in [0.5, 0.6) is 5.75 Å². The summed E-state index contributed by atoms with van der Waals surface area (Å²) < 4.78 is 5.80. The molecular weight excluding hydrogens is 334 g/mol. The Hall–Kier alpha value is -2.56. The molecule has 0 aliphatic rings. The molecule has 0 fully saturated rings. The molecule has 1 heterocycles. The summed E-state index contributed by atoms with van der Waals surface area (Å²) in [6.07, 6.45) is 4.47. The maximum atomic E-state index is 5.80. The largest absolute Gasteiger partial charge is 0.489 e. The van der Waals surface area contributed by atoms with Gasteiger partial charge in [0.15, 0.2) is 0 Å². The van der Waals surface area contributed by atoms with Crippen LogP contribution < -0.4 is 15.6 Å². The van der Waals surface area contributed by atoms with Gasteiger partial charge in [-0.2, -0.15) is 0 Å². The van der Waals surface area contributed by atoms with Crippen molar-refractivity contribution in [2.75, 3.05) is 12.0 Å². The molecule has 0 bridgehead atoms. The van der Waals surface area contributed by atoms with Crippen molar-refractivity contribution >= 4 is 18.1 Å². The highest BCUT2D eigenvalue weighted by molar-refractivity contribution is 5.85. The Kier molecular flexibility index (Phi) is 7.76. The maximum absolute atomic E-state index is 5.80. The Labute approximate surface area is 154 Å². The molecule has 130 valence electrons. The summed E-state index contributed by atoms with van der Waals surface area (Å²) in [7, 11) is 0. The first-order valence-corrected chi connectivity index (χ1v) is 8.05. The lowest BCUT2D eigenvalue weighted by atomic mass is 10.1. The summed E-state index contributed by atoms with van der Waals surface area (Å²) in [5.74, 6) is 0.894. The van der Waals surface area contributed by atoms with Gasteiger partial charge in [-0.05, 0) is 41.8 Å². The minimum atomic E-state index is 0. The minimum absolute atomic E-state index is 0. The predicted octanol–water partition coefficient (Wildman–Crippen LogP) is 4.24. The lowest BCUT2D eigenvalue weighted by molar-refractivity contribution is 0.306. The van der Waals surface area contributed by atoms with Crippen molar-refractivity contribution < 1.29 is 4.74 Å². The fourth-order valence-electron chi connectivity index (χ4n) is 2.30. The number of aromatic nitrogens is 1. The number of ether oxygens (including phenoxy) is 1. The fourth-order valence-corrected chi connectivity index (χ4v) is 2.30. The molecule has 2 aromatic carbocycles. The van der Waals surface area contributed by atoms with Crippen LogP contribution in [-0.2, 0) is 13.0 Å². The van der Waals surface area contributed by atoms with E-state index in [0.717, 1.165) is 24.4 Å². The zero-order valence-corrected chi connectivity index (χ0v) is 14.7. The monoisotopic (exact) mass is 355 g/mol. The molecule has 25 heavy (non-hydrogen) atoms. The second-order valence-electron chi connectivity index (χ2n) is 5.46. The van der Waals surface area contributed by atoms with E-state index in [1.165, 1.54) is 11.1 Å². The molecule has 1 aromatic heterocycles. The third kappa shape index (κ3) is 6.45. The first-order chi connectivity index (χ1) is 11.9. The Bertz CT molecular complexity index is 721. The van der Waals surface area contributed by atoms with Gasteiger partial charge in [-0.15, -0.1) is 12.4 Å².